The zero-order valence-electron chi connectivity index (χ0n) is 9.00. The molecular weight excluding hydrogens is 234 g/mol. The highest BCUT2D eigenvalue weighted by atomic mass is 32.1. The third-order valence-corrected chi connectivity index (χ3v) is 2.64. The van der Waals surface area contributed by atoms with Gasteiger partial charge in [-0.3, -0.25) is 4.79 Å². The summed E-state index contributed by atoms with van der Waals surface area (Å²) in [6.45, 7) is 0. The summed E-state index contributed by atoms with van der Waals surface area (Å²) in [6, 6.07) is 11.1. The van der Waals surface area contributed by atoms with E-state index in [2.05, 4.69) is 5.32 Å². The number of thiophene rings is 1. The SMILES string of the molecule is O=C(C=COc1ccccc1)Nc1ccsc1. The average Bonchev–Trinajstić information content (AvgIpc) is 2.83. The lowest BCUT2D eigenvalue weighted by Gasteiger charge is -1.99. The molecule has 2 aromatic rings. The zero-order valence-corrected chi connectivity index (χ0v) is 9.81. The Morgan fingerprint density at radius 3 is 2.76 bits per heavy atom. The predicted octanol–water partition coefficient (Wildman–Crippen LogP) is 3.28. The molecule has 1 heterocycles. The van der Waals surface area contributed by atoms with Crippen LogP contribution in [0.2, 0.25) is 0 Å². The summed E-state index contributed by atoms with van der Waals surface area (Å²) in [5, 5.41) is 6.48. The van der Waals surface area contributed by atoms with E-state index in [4.69, 9.17) is 4.74 Å². The second kappa shape index (κ2) is 5.86. The van der Waals surface area contributed by atoms with E-state index in [0.717, 1.165) is 5.69 Å². The standard InChI is InChI=1S/C13H11NO2S/c15-13(14-11-7-9-17-10-11)6-8-16-12-4-2-1-3-5-12/h1-10H,(H,14,15). The van der Waals surface area contributed by atoms with Crippen LogP contribution in [0.15, 0.2) is 59.5 Å². The molecule has 1 aromatic heterocycles. The fourth-order valence-electron chi connectivity index (χ4n) is 1.19. The summed E-state index contributed by atoms with van der Waals surface area (Å²) in [4.78, 5) is 11.4. The van der Waals surface area contributed by atoms with Gasteiger partial charge in [-0.15, -0.1) is 0 Å². The summed E-state index contributed by atoms with van der Waals surface area (Å²) < 4.78 is 5.26. The van der Waals surface area contributed by atoms with Gasteiger partial charge in [0.1, 0.15) is 5.75 Å². The number of para-hydroxylation sites is 1. The number of carbonyl (C=O) groups excluding carboxylic acids is 1. The molecule has 0 aliphatic rings. The largest absolute Gasteiger partial charge is 0.465 e. The molecule has 86 valence electrons. The smallest absolute Gasteiger partial charge is 0.251 e. The van der Waals surface area contributed by atoms with Crippen molar-refractivity contribution in [2.75, 3.05) is 5.32 Å². The van der Waals surface area contributed by atoms with Gasteiger partial charge in [-0.1, -0.05) is 18.2 Å². The van der Waals surface area contributed by atoms with E-state index in [1.807, 2.05) is 47.2 Å². The predicted molar refractivity (Wildman–Crippen MR) is 69.2 cm³/mol. The van der Waals surface area contributed by atoms with E-state index in [9.17, 15) is 4.79 Å². The van der Waals surface area contributed by atoms with Crippen molar-refractivity contribution < 1.29 is 9.53 Å². The molecule has 0 bridgehead atoms. The third kappa shape index (κ3) is 3.77. The van der Waals surface area contributed by atoms with Crippen LogP contribution < -0.4 is 10.1 Å². The highest BCUT2D eigenvalue weighted by Gasteiger charge is 1.97. The molecule has 1 aromatic carbocycles. The van der Waals surface area contributed by atoms with E-state index in [1.165, 1.54) is 23.7 Å². The van der Waals surface area contributed by atoms with Crippen LogP contribution in [0, 0.1) is 0 Å². The van der Waals surface area contributed by atoms with Crippen molar-refractivity contribution in [1.82, 2.24) is 0 Å². The quantitative estimate of drug-likeness (QED) is 0.663. The van der Waals surface area contributed by atoms with E-state index in [-0.39, 0.29) is 5.91 Å². The Morgan fingerprint density at radius 1 is 1.24 bits per heavy atom. The first-order valence-corrected chi connectivity index (χ1v) is 6.00. The fraction of sp³-hybridized carbons (Fsp3) is 0. The molecule has 0 aliphatic heterocycles. The van der Waals surface area contributed by atoms with Crippen molar-refractivity contribution in [3.05, 3.63) is 59.5 Å². The molecule has 0 unspecified atom stereocenters. The monoisotopic (exact) mass is 245 g/mol. The molecule has 0 atom stereocenters. The molecule has 0 aliphatic carbocycles. The highest BCUT2D eigenvalue weighted by Crippen LogP contribution is 2.12. The second-order valence-electron chi connectivity index (χ2n) is 3.23. The Labute approximate surface area is 103 Å². The Kier molecular flexibility index (Phi) is 3.94. The van der Waals surface area contributed by atoms with Crippen molar-refractivity contribution in [1.29, 1.82) is 0 Å². The maximum atomic E-state index is 11.4. The van der Waals surface area contributed by atoms with Crippen molar-refractivity contribution in [2.45, 2.75) is 0 Å². The lowest BCUT2D eigenvalue weighted by Crippen LogP contribution is -2.07. The van der Waals surface area contributed by atoms with Gasteiger partial charge in [0.25, 0.3) is 5.91 Å². The van der Waals surface area contributed by atoms with E-state index in [0.29, 0.717) is 5.75 Å². The van der Waals surface area contributed by atoms with Gasteiger partial charge in [0.2, 0.25) is 0 Å². The maximum absolute atomic E-state index is 11.4. The summed E-state index contributed by atoms with van der Waals surface area (Å²) in [5.74, 6) is 0.492. The van der Waals surface area contributed by atoms with Gasteiger partial charge in [-0.2, -0.15) is 11.3 Å². The minimum atomic E-state index is -0.209. The number of hydrogen-bond donors (Lipinski definition) is 1. The zero-order chi connectivity index (χ0) is 11.9. The molecule has 0 radical (unpaired) electrons. The molecule has 0 saturated heterocycles. The van der Waals surface area contributed by atoms with E-state index < -0.39 is 0 Å². The van der Waals surface area contributed by atoms with Gasteiger partial charge in [0.15, 0.2) is 0 Å². The molecule has 4 heteroatoms. The number of benzene rings is 1. The fourth-order valence-corrected chi connectivity index (χ4v) is 1.78. The van der Waals surface area contributed by atoms with Gasteiger partial charge in [0, 0.05) is 11.5 Å². The van der Waals surface area contributed by atoms with Crippen LogP contribution in [0.1, 0.15) is 0 Å². The van der Waals surface area contributed by atoms with Crippen LogP contribution >= 0.6 is 11.3 Å². The van der Waals surface area contributed by atoms with Gasteiger partial charge >= 0.3 is 0 Å². The lowest BCUT2D eigenvalue weighted by atomic mass is 10.3. The number of carbonyl (C=O) groups is 1. The summed E-state index contributed by atoms with van der Waals surface area (Å²) in [5.41, 5.74) is 0.796. The average molecular weight is 245 g/mol. The topological polar surface area (TPSA) is 38.3 Å². The molecule has 1 N–H and O–H groups in total. The van der Waals surface area contributed by atoms with Gasteiger partial charge in [-0.05, 0) is 23.6 Å². The molecule has 0 saturated carbocycles. The normalized spacial score (nSPS) is 10.4. The van der Waals surface area contributed by atoms with Crippen molar-refractivity contribution in [3.63, 3.8) is 0 Å². The molecular formula is C13H11NO2S. The second-order valence-corrected chi connectivity index (χ2v) is 4.01. The summed E-state index contributed by atoms with van der Waals surface area (Å²) >= 11 is 1.53. The van der Waals surface area contributed by atoms with Crippen LogP contribution in [0.4, 0.5) is 5.69 Å². The minimum absolute atomic E-state index is 0.209. The van der Waals surface area contributed by atoms with Crippen molar-refractivity contribution >= 4 is 22.9 Å². The van der Waals surface area contributed by atoms with Crippen molar-refractivity contribution in [3.8, 4) is 5.75 Å². The Balaban J connectivity index is 1.83. The number of anilines is 1. The number of amides is 1. The highest BCUT2D eigenvalue weighted by molar-refractivity contribution is 7.08. The van der Waals surface area contributed by atoms with Crippen LogP contribution in [-0.4, -0.2) is 5.91 Å². The Hall–Kier alpha value is -2.07. The first-order chi connectivity index (χ1) is 8.34. The number of hydrogen-bond acceptors (Lipinski definition) is 3. The Bertz CT molecular complexity index is 491. The lowest BCUT2D eigenvalue weighted by molar-refractivity contribution is -0.112. The van der Waals surface area contributed by atoms with Crippen LogP contribution in [-0.2, 0) is 4.79 Å². The first-order valence-electron chi connectivity index (χ1n) is 5.06. The molecule has 2 rings (SSSR count). The van der Waals surface area contributed by atoms with E-state index >= 15 is 0 Å². The van der Waals surface area contributed by atoms with Crippen LogP contribution in [0.5, 0.6) is 5.75 Å². The molecule has 17 heavy (non-hydrogen) atoms. The first kappa shape index (κ1) is 11.4. The van der Waals surface area contributed by atoms with E-state index in [1.54, 1.807) is 0 Å². The minimum Gasteiger partial charge on any atom is -0.465 e. The number of nitrogens with one attached hydrogen (secondary N) is 1. The van der Waals surface area contributed by atoms with Crippen LogP contribution in [0.25, 0.3) is 0 Å². The Morgan fingerprint density at radius 2 is 2.06 bits per heavy atom. The molecule has 1 amide bonds. The molecule has 3 nitrogen and oxygen atoms in total. The molecule has 0 spiro atoms. The maximum Gasteiger partial charge on any atom is 0.251 e. The van der Waals surface area contributed by atoms with Gasteiger partial charge in [-0.25, -0.2) is 0 Å². The third-order valence-electron chi connectivity index (χ3n) is 1.96. The molecule has 0 fully saturated rings. The summed E-state index contributed by atoms with van der Waals surface area (Å²) in [7, 11) is 0. The van der Waals surface area contributed by atoms with Gasteiger partial charge in [0.05, 0.1) is 11.9 Å². The van der Waals surface area contributed by atoms with Crippen molar-refractivity contribution in [2.24, 2.45) is 0 Å². The number of rotatable bonds is 4. The summed E-state index contributed by atoms with van der Waals surface area (Å²) in [6.07, 6.45) is 2.72. The van der Waals surface area contributed by atoms with Crippen LogP contribution in [0.3, 0.4) is 0 Å². The number of ether oxygens (including phenoxy) is 1. The van der Waals surface area contributed by atoms with Gasteiger partial charge < -0.3 is 10.1 Å².